The minimum Gasteiger partial charge on any atom is -0.339 e. The summed E-state index contributed by atoms with van der Waals surface area (Å²) in [6.45, 7) is 5.45. The van der Waals surface area contributed by atoms with Gasteiger partial charge in [-0.1, -0.05) is 6.92 Å². The molecule has 2 fully saturated rings. The molecule has 2 aliphatic heterocycles. The van der Waals surface area contributed by atoms with Gasteiger partial charge in [-0.3, -0.25) is 9.59 Å². The number of nitrogens with zero attached hydrogens (tertiary/aromatic N) is 2. The van der Waals surface area contributed by atoms with E-state index in [1.807, 2.05) is 6.92 Å². The Morgan fingerprint density at radius 1 is 1.08 bits per heavy atom. The second-order valence-corrected chi connectivity index (χ2v) is 6.45. The Morgan fingerprint density at radius 3 is 2.25 bits per heavy atom. The highest BCUT2D eigenvalue weighted by Gasteiger charge is 2.33. The number of carbonyl (C=O) groups excluding carboxylic acids is 2. The highest BCUT2D eigenvalue weighted by Crippen LogP contribution is 2.20. The molecule has 7 heteroatoms. The number of halogens is 2. The van der Waals surface area contributed by atoms with Gasteiger partial charge in [0.05, 0.1) is 0 Å². The molecule has 1 N–H and O–H groups in total. The number of benzene rings is 1. The van der Waals surface area contributed by atoms with Gasteiger partial charge in [-0.05, 0) is 37.2 Å². The maximum absolute atomic E-state index is 13.3. The highest BCUT2D eigenvalue weighted by atomic mass is 19.2. The van der Waals surface area contributed by atoms with E-state index in [4.69, 9.17) is 0 Å². The molecule has 0 aliphatic carbocycles. The van der Waals surface area contributed by atoms with E-state index in [1.165, 1.54) is 6.07 Å². The summed E-state index contributed by atoms with van der Waals surface area (Å²) in [6, 6.07) is 3.15. The first-order valence-corrected chi connectivity index (χ1v) is 8.21. The fourth-order valence-electron chi connectivity index (χ4n) is 3.10. The van der Waals surface area contributed by atoms with Gasteiger partial charge in [-0.25, -0.2) is 8.78 Å². The maximum atomic E-state index is 13.3. The summed E-state index contributed by atoms with van der Waals surface area (Å²) in [5, 5.41) is 3.17. The normalized spacial score (nSPS) is 19.8. The van der Waals surface area contributed by atoms with Gasteiger partial charge >= 0.3 is 0 Å². The first-order chi connectivity index (χ1) is 11.5. The second kappa shape index (κ2) is 6.84. The van der Waals surface area contributed by atoms with Crippen LogP contribution in [0.2, 0.25) is 0 Å². The molecule has 2 aliphatic rings. The Hall–Kier alpha value is -2.02. The topological polar surface area (TPSA) is 52.7 Å². The molecule has 0 saturated carbocycles. The van der Waals surface area contributed by atoms with E-state index >= 15 is 0 Å². The maximum Gasteiger partial charge on any atom is 0.254 e. The van der Waals surface area contributed by atoms with Crippen molar-refractivity contribution in [3.05, 3.63) is 35.4 Å². The van der Waals surface area contributed by atoms with Crippen molar-refractivity contribution < 1.29 is 18.4 Å². The molecule has 2 heterocycles. The molecule has 1 aromatic rings. The Labute approximate surface area is 139 Å². The quantitative estimate of drug-likeness (QED) is 0.899. The lowest BCUT2D eigenvalue weighted by Gasteiger charge is -2.39. The molecule has 5 nitrogen and oxygen atoms in total. The van der Waals surface area contributed by atoms with Crippen molar-refractivity contribution in [2.45, 2.75) is 6.92 Å². The van der Waals surface area contributed by atoms with Crippen LogP contribution in [0.3, 0.4) is 0 Å². The van der Waals surface area contributed by atoms with E-state index in [1.54, 1.807) is 9.80 Å². The summed E-state index contributed by atoms with van der Waals surface area (Å²) >= 11 is 0. The molecule has 130 valence electrons. The SMILES string of the molecule is CC(C(=O)N1CCN(C(=O)c2ccc(F)c(F)c2)CC1)C1CNC1. The zero-order chi connectivity index (χ0) is 17.3. The zero-order valence-electron chi connectivity index (χ0n) is 13.6. The molecule has 0 spiro atoms. The lowest BCUT2D eigenvalue weighted by Crippen LogP contribution is -2.55. The summed E-state index contributed by atoms with van der Waals surface area (Å²) in [5.41, 5.74) is 0.127. The molecule has 0 bridgehead atoms. The van der Waals surface area contributed by atoms with Gasteiger partial charge in [0.1, 0.15) is 0 Å². The average molecular weight is 337 g/mol. The third-order valence-electron chi connectivity index (χ3n) is 4.95. The van der Waals surface area contributed by atoms with Gasteiger partial charge in [0.15, 0.2) is 11.6 Å². The van der Waals surface area contributed by atoms with E-state index < -0.39 is 11.6 Å². The van der Waals surface area contributed by atoms with Crippen molar-refractivity contribution >= 4 is 11.8 Å². The summed E-state index contributed by atoms with van der Waals surface area (Å²) in [7, 11) is 0. The number of amides is 2. The number of rotatable bonds is 3. The smallest absolute Gasteiger partial charge is 0.254 e. The third-order valence-corrected chi connectivity index (χ3v) is 4.95. The summed E-state index contributed by atoms with van der Waals surface area (Å²) in [6.07, 6.45) is 0. The molecular formula is C17H21F2N3O2. The molecule has 0 radical (unpaired) electrons. The van der Waals surface area contributed by atoms with Gasteiger partial charge in [0.25, 0.3) is 5.91 Å². The van der Waals surface area contributed by atoms with E-state index in [9.17, 15) is 18.4 Å². The Balaban J connectivity index is 1.57. The summed E-state index contributed by atoms with van der Waals surface area (Å²) in [4.78, 5) is 28.2. The van der Waals surface area contributed by atoms with Crippen molar-refractivity contribution in [2.24, 2.45) is 11.8 Å². The first-order valence-electron chi connectivity index (χ1n) is 8.21. The largest absolute Gasteiger partial charge is 0.339 e. The summed E-state index contributed by atoms with van der Waals surface area (Å²) in [5.74, 6) is -1.84. The molecule has 3 rings (SSSR count). The van der Waals surface area contributed by atoms with Crippen LogP contribution in [0.5, 0.6) is 0 Å². The van der Waals surface area contributed by atoms with Crippen molar-refractivity contribution in [3.63, 3.8) is 0 Å². The van der Waals surface area contributed by atoms with E-state index in [0.717, 1.165) is 25.2 Å². The van der Waals surface area contributed by atoms with Crippen molar-refractivity contribution in [1.29, 1.82) is 0 Å². The molecule has 1 unspecified atom stereocenters. The Bertz CT molecular complexity index is 641. The van der Waals surface area contributed by atoms with Gasteiger partial charge in [0.2, 0.25) is 5.91 Å². The predicted molar refractivity (Wildman–Crippen MR) is 84.4 cm³/mol. The van der Waals surface area contributed by atoms with Crippen molar-refractivity contribution in [3.8, 4) is 0 Å². The van der Waals surface area contributed by atoms with Crippen LogP contribution in [0.15, 0.2) is 18.2 Å². The molecule has 1 atom stereocenters. The van der Waals surface area contributed by atoms with Crippen LogP contribution >= 0.6 is 0 Å². The number of carbonyl (C=O) groups is 2. The zero-order valence-corrected chi connectivity index (χ0v) is 13.6. The Kier molecular flexibility index (Phi) is 4.80. The van der Waals surface area contributed by atoms with E-state index in [2.05, 4.69) is 5.32 Å². The van der Waals surface area contributed by atoms with Crippen LogP contribution < -0.4 is 5.32 Å². The molecule has 2 saturated heterocycles. The van der Waals surface area contributed by atoms with Gasteiger partial charge in [-0.2, -0.15) is 0 Å². The van der Waals surface area contributed by atoms with Crippen LogP contribution in [-0.2, 0) is 4.79 Å². The van der Waals surface area contributed by atoms with Gasteiger partial charge in [-0.15, -0.1) is 0 Å². The fraction of sp³-hybridized carbons (Fsp3) is 0.529. The van der Waals surface area contributed by atoms with Crippen molar-refractivity contribution in [1.82, 2.24) is 15.1 Å². The van der Waals surface area contributed by atoms with Crippen LogP contribution in [0, 0.1) is 23.5 Å². The van der Waals surface area contributed by atoms with Crippen LogP contribution in [0.4, 0.5) is 8.78 Å². The number of nitrogens with one attached hydrogen (secondary N) is 1. The number of hydrogen-bond donors (Lipinski definition) is 1. The molecule has 2 amide bonds. The molecule has 24 heavy (non-hydrogen) atoms. The molecule has 1 aromatic carbocycles. The van der Waals surface area contributed by atoms with Gasteiger partial charge in [0, 0.05) is 37.7 Å². The number of piperazine rings is 1. The highest BCUT2D eigenvalue weighted by molar-refractivity contribution is 5.94. The van der Waals surface area contributed by atoms with E-state index in [0.29, 0.717) is 32.1 Å². The van der Waals surface area contributed by atoms with E-state index in [-0.39, 0.29) is 23.3 Å². The fourth-order valence-corrected chi connectivity index (χ4v) is 3.10. The van der Waals surface area contributed by atoms with Crippen molar-refractivity contribution in [2.75, 3.05) is 39.3 Å². The van der Waals surface area contributed by atoms with Gasteiger partial charge < -0.3 is 15.1 Å². The first kappa shape index (κ1) is 16.8. The minimum atomic E-state index is -1.03. The minimum absolute atomic E-state index is 0.0142. The van der Waals surface area contributed by atoms with Crippen LogP contribution in [0.25, 0.3) is 0 Å². The standard InChI is InChI=1S/C17H21F2N3O2/c1-11(13-9-20-10-13)16(23)21-4-6-22(7-5-21)17(24)12-2-3-14(18)15(19)8-12/h2-3,8,11,13,20H,4-7,9-10H2,1H3. The predicted octanol–water partition coefficient (Wildman–Crippen LogP) is 1.10. The lowest BCUT2D eigenvalue weighted by molar-refractivity contribution is -0.138. The van der Waals surface area contributed by atoms with Crippen LogP contribution in [-0.4, -0.2) is 60.9 Å². The molecular weight excluding hydrogens is 316 g/mol. The monoisotopic (exact) mass is 337 g/mol. The second-order valence-electron chi connectivity index (χ2n) is 6.45. The summed E-state index contributed by atoms with van der Waals surface area (Å²) < 4.78 is 26.2. The third kappa shape index (κ3) is 3.26. The molecule has 0 aromatic heterocycles. The lowest BCUT2D eigenvalue weighted by atomic mass is 9.88. The Morgan fingerprint density at radius 2 is 1.71 bits per heavy atom. The van der Waals surface area contributed by atoms with Crippen LogP contribution in [0.1, 0.15) is 17.3 Å². The number of hydrogen-bond acceptors (Lipinski definition) is 3. The average Bonchev–Trinajstić information content (AvgIpc) is 2.54.